The molecule has 7 heteroatoms. The van der Waals surface area contributed by atoms with E-state index in [2.05, 4.69) is 5.32 Å². The fourth-order valence-electron chi connectivity index (χ4n) is 1.03. The van der Waals surface area contributed by atoms with Crippen LogP contribution in [-0.2, 0) is 14.9 Å². The summed E-state index contributed by atoms with van der Waals surface area (Å²) in [4.78, 5) is 11.2. The zero-order valence-corrected chi connectivity index (χ0v) is 10.0. The van der Waals surface area contributed by atoms with Crippen LogP contribution in [0.2, 0.25) is 0 Å². The highest BCUT2D eigenvalue weighted by Gasteiger charge is 2.13. The molecule has 1 aromatic rings. The monoisotopic (exact) mass is 259 g/mol. The Kier molecular flexibility index (Phi) is 4.47. The molecule has 0 saturated heterocycles. The lowest BCUT2D eigenvalue weighted by Crippen LogP contribution is -2.21. The fraction of sp³-hybridized carbons (Fsp3) is 0.300. The average molecular weight is 259 g/mol. The molecule has 94 valence electrons. The van der Waals surface area contributed by atoms with Gasteiger partial charge in [0.2, 0.25) is 11.0 Å². The number of hydrogen-bond donors (Lipinski definition) is 2. The second-order valence-electron chi connectivity index (χ2n) is 3.26. The lowest BCUT2D eigenvalue weighted by atomic mass is 10.4. The molecular weight excluding hydrogens is 246 g/mol. The minimum absolute atomic E-state index is 0.171. The van der Waals surface area contributed by atoms with Crippen molar-refractivity contribution in [3.8, 4) is 0 Å². The van der Waals surface area contributed by atoms with Crippen LogP contribution in [0.3, 0.4) is 0 Å². The zero-order chi connectivity index (χ0) is 12.9. The first-order valence-corrected chi connectivity index (χ1v) is 6.40. The van der Waals surface area contributed by atoms with E-state index in [1.165, 1.54) is 18.2 Å². The summed E-state index contributed by atoms with van der Waals surface area (Å²) in [5.74, 6) is -0.124. The van der Waals surface area contributed by atoms with Crippen molar-refractivity contribution in [2.45, 2.75) is 18.4 Å². The van der Waals surface area contributed by atoms with Gasteiger partial charge in [0.25, 0.3) is 0 Å². The summed E-state index contributed by atoms with van der Waals surface area (Å²) in [7, 11) is -4.34. The number of nitrogens with one attached hydrogen (secondary N) is 1. The number of carbonyl (C=O) groups excluding carboxylic acids is 1. The van der Waals surface area contributed by atoms with Gasteiger partial charge in [-0.3, -0.25) is 9.35 Å². The van der Waals surface area contributed by atoms with Crippen molar-refractivity contribution in [3.05, 3.63) is 24.0 Å². The van der Waals surface area contributed by atoms with Crippen LogP contribution >= 0.6 is 0 Å². The fourth-order valence-corrected chi connectivity index (χ4v) is 1.47. The molecule has 0 aromatic carbocycles. The highest BCUT2D eigenvalue weighted by molar-refractivity contribution is 7.85. The van der Waals surface area contributed by atoms with Crippen molar-refractivity contribution in [2.75, 3.05) is 6.54 Å². The van der Waals surface area contributed by atoms with E-state index in [-0.39, 0.29) is 11.7 Å². The van der Waals surface area contributed by atoms with E-state index in [0.29, 0.717) is 6.54 Å². The molecule has 2 N–H and O–H groups in total. The Hall–Kier alpha value is -1.60. The van der Waals surface area contributed by atoms with Crippen molar-refractivity contribution in [1.29, 1.82) is 0 Å². The molecule has 0 aliphatic heterocycles. The third-order valence-corrected chi connectivity index (χ3v) is 2.53. The van der Waals surface area contributed by atoms with Crippen LogP contribution < -0.4 is 5.32 Å². The topological polar surface area (TPSA) is 96.6 Å². The summed E-state index contributed by atoms with van der Waals surface area (Å²) >= 11 is 0. The standard InChI is InChI=1S/C10H13NO5S/c1-2-7-11-9(12)5-3-8-4-6-10(16-8)17(13,14)15/h3-6H,2,7H2,1H3,(H,11,12)(H,13,14,15)/b5-3+. The van der Waals surface area contributed by atoms with E-state index >= 15 is 0 Å². The molecule has 6 nitrogen and oxygen atoms in total. The van der Waals surface area contributed by atoms with E-state index in [0.717, 1.165) is 12.5 Å². The average Bonchev–Trinajstić information content (AvgIpc) is 2.71. The predicted octanol–water partition coefficient (Wildman–Crippen LogP) is 1.07. The van der Waals surface area contributed by atoms with Crippen LogP contribution in [0.4, 0.5) is 0 Å². The number of carbonyl (C=O) groups is 1. The van der Waals surface area contributed by atoms with E-state index in [1.807, 2.05) is 6.92 Å². The molecule has 1 aromatic heterocycles. The normalized spacial score (nSPS) is 11.9. The van der Waals surface area contributed by atoms with Gasteiger partial charge in [-0.2, -0.15) is 8.42 Å². The lowest BCUT2D eigenvalue weighted by molar-refractivity contribution is -0.116. The van der Waals surface area contributed by atoms with Gasteiger partial charge in [-0.15, -0.1) is 0 Å². The second kappa shape index (κ2) is 5.65. The molecule has 17 heavy (non-hydrogen) atoms. The minimum Gasteiger partial charge on any atom is -0.443 e. The van der Waals surface area contributed by atoms with Crippen LogP contribution in [-0.4, -0.2) is 25.4 Å². The van der Waals surface area contributed by atoms with Crippen molar-refractivity contribution >= 4 is 22.1 Å². The molecule has 1 amide bonds. The van der Waals surface area contributed by atoms with Gasteiger partial charge in [0.05, 0.1) is 0 Å². The predicted molar refractivity (Wildman–Crippen MR) is 60.9 cm³/mol. The largest absolute Gasteiger partial charge is 0.443 e. The number of furan rings is 1. The van der Waals surface area contributed by atoms with Crippen molar-refractivity contribution in [2.24, 2.45) is 0 Å². The van der Waals surface area contributed by atoms with Gasteiger partial charge in [0, 0.05) is 12.6 Å². The molecule has 1 rings (SSSR count). The van der Waals surface area contributed by atoms with Crippen molar-refractivity contribution < 1.29 is 22.2 Å². The maximum Gasteiger partial charge on any atom is 0.328 e. The molecule has 0 aliphatic rings. The van der Waals surface area contributed by atoms with Crippen molar-refractivity contribution in [1.82, 2.24) is 5.32 Å². The van der Waals surface area contributed by atoms with E-state index in [4.69, 9.17) is 8.97 Å². The van der Waals surface area contributed by atoms with Crippen LogP contribution in [0, 0.1) is 0 Å². The molecule has 0 fully saturated rings. The minimum atomic E-state index is -4.34. The van der Waals surface area contributed by atoms with Gasteiger partial charge in [-0.1, -0.05) is 6.92 Å². The maximum atomic E-state index is 11.2. The molecule has 0 unspecified atom stereocenters. The van der Waals surface area contributed by atoms with E-state index < -0.39 is 15.2 Å². The molecule has 0 atom stereocenters. The van der Waals surface area contributed by atoms with Crippen molar-refractivity contribution in [3.63, 3.8) is 0 Å². The Morgan fingerprint density at radius 1 is 1.53 bits per heavy atom. The van der Waals surface area contributed by atoms with Crippen LogP contribution in [0.15, 0.2) is 27.7 Å². The van der Waals surface area contributed by atoms with Crippen LogP contribution in [0.25, 0.3) is 6.08 Å². The summed E-state index contributed by atoms with van der Waals surface area (Å²) in [6, 6.07) is 2.45. The third kappa shape index (κ3) is 4.41. The molecule has 0 radical (unpaired) electrons. The number of amides is 1. The van der Waals surface area contributed by atoms with Crippen LogP contribution in [0.1, 0.15) is 19.1 Å². The van der Waals surface area contributed by atoms with Gasteiger partial charge in [-0.05, 0) is 24.6 Å². The highest BCUT2D eigenvalue weighted by atomic mass is 32.2. The molecular formula is C10H13NO5S. The zero-order valence-electron chi connectivity index (χ0n) is 9.21. The Labute approximate surface area is 99.1 Å². The summed E-state index contributed by atoms with van der Waals surface area (Å²) in [6.45, 7) is 2.49. The Balaban J connectivity index is 2.67. The summed E-state index contributed by atoms with van der Waals surface area (Å²) < 4.78 is 34.8. The second-order valence-corrected chi connectivity index (χ2v) is 4.61. The van der Waals surface area contributed by atoms with Gasteiger partial charge in [0.15, 0.2) is 0 Å². The molecule has 0 saturated carbocycles. The van der Waals surface area contributed by atoms with Gasteiger partial charge in [-0.25, -0.2) is 0 Å². The first kappa shape index (κ1) is 13.5. The van der Waals surface area contributed by atoms with E-state index in [1.54, 1.807) is 0 Å². The third-order valence-electron chi connectivity index (χ3n) is 1.80. The lowest BCUT2D eigenvalue weighted by Gasteiger charge is -1.96. The molecule has 1 heterocycles. The Morgan fingerprint density at radius 3 is 2.76 bits per heavy atom. The van der Waals surface area contributed by atoms with E-state index in [9.17, 15) is 13.2 Å². The highest BCUT2D eigenvalue weighted by Crippen LogP contribution is 2.14. The Morgan fingerprint density at radius 2 is 2.24 bits per heavy atom. The van der Waals surface area contributed by atoms with Gasteiger partial charge >= 0.3 is 10.1 Å². The Bertz CT molecular complexity index is 515. The SMILES string of the molecule is CCCNC(=O)/C=C/c1ccc(S(=O)(=O)O)o1. The van der Waals surface area contributed by atoms with Gasteiger partial charge in [0.1, 0.15) is 5.76 Å². The maximum absolute atomic E-state index is 11.2. The first-order chi connectivity index (χ1) is 7.93. The first-order valence-electron chi connectivity index (χ1n) is 4.96. The smallest absolute Gasteiger partial charge is 0.328 e. The molecule has 0 aliphatic carbocycles. The quantitative estimate of drug-likeness (QED) is 0.609. The number of hydrogen-bond acceptors (Lipinski definition) is 4. The summed E-state index contributed by atoms with van der Waals surface area (Å²) in [6.07, 6.45) is 3.37. The molecule has 0 bridgehead atoms. The number of rotatable bonds is 5. The summed E-state index contributed by atoms with van der Waals surface area (Å²) in [5, 5.41) is 2.05. The molecule has 0 spiro atoms. The summed E-state index contributed by atoms with van der Waals surface area (Å²) in [5.41, 5.74) is 0. The van der Waals surface area contributed by atoms with Crippen LogP contribution in [0.5, 0.6) is 0 Å². The van der Waals surface area contributed by atoms with Gasteiger partial charge < -0.3 is 9.73 Å².